The highest BCUT2D eigenvalue weighted by molar-refractivity contribution is 9.10. The maximum absolute atomic E-state index is 12.3. The van der Waals surface area contributed by atoms with Gasteiger partial charge in [0.25, 0.3) is 0 Å². The number of hydrogen-bond acceptors (Lipinski definition) is 5. The highest BCUT2D eigenvalue weighted by Crippen LogP contribution is 2.40. The van der Waals surface area contributed by atoms with Crippen LogP contribution >= 0.6 is 15.9 Å². The van der Waals surface area contributed by atoms with Crippen LogP contribution in [0, 0.1) is 18.3 Å². The van der Waals surface area contributed by atoms with Gasteiger partial charge in [0, 0.05) is 10.5 Å². The molecule has 110 valence electrons. The van der Waals surface area contributed by atoms with E-state index in [4.69, 9.17) is 14.9 Å². The van der Waals surface area contributed by atoms with Crippen molar-refractivity contribution in [2.24, 2.45) is 5.73 Å². The molecule has 1 aromatic carbocycles. The van der Waals surface area contributed by atoms with Crippen molar-refractivity contribution in [2.45, 2.75) is 12.8 Å². The molecule has 2 heterocycles. The van der Waals surface area contributed by atoms with Gasteiger partial charge in [0.2, 0.25) is 5.88 Å². The highest BCUT2D eigenvalue weighted by Gasteiger charge is 2.34. The fraction of sp³-hybridized carbons (Fsp3) is 0.125. The van der Waals surface area contributed by atoms with Crippen LogP contribution in [-0.4, -0.2) is 0 Å². The van der Waals surface area contributed by atoms with Crippen LogP contribution in [0.1, 0.15) is 22.8 Å². The van der Waals surface area contributed by atoms with Gasteiger partial charge in [-0.2, -0.15) is 5.26 Å². The van der Waals surface area contributed by atoms with Gasteiger partial charge in [0.1, 0.15) is 23.2 Å². The van der Waals surface area contributed by atoms with Gasteiger partial charge in [-0.3, -0.25) is 0 Å². The molecule has 0 spiro atoms. The molecule has 1 unspecified atom stereocenters. The SMILES string of the molecule is Cc1cc2c(c(=O)o1)C(c1ccc(Br)cc1)C(C#N)=C(N)O2. The number of ether oxygens (including phenoxy) is 1. The number of nitrogens with two attached hydrogens (primary N) is 1. The lowest BCUT2D eigenvalue weighted by Gasteiger charge is -2.25. The van der Waals surface area contributed by atoms with Gasteiger partial charge < -0.3 is 14.9 Å². The average Bonchev–Trinajstić information content (AvgIpc) is 2.46. The summed E-state index contributed by atoms with van der Waals surface area (Å²) in [7, 11) is 0. The Labute approximate surface area is 134 Å². The van der Waals surface area contributed by atoms with Crippen molar-refractivity contribution in [2.75, 3.05) is 0 Å². The molecule has 1 aliphatic heterocycles. The van der Waals surface area contributed by atoms with Crippen LogP contribution in [0.25, 0.3) is 0 Å². The summed E-state index contributed by atoms with van der Waals surface area (Å²) >= 11 is 3.36. The fourth-order valence-corrected chi connectivity index (χ4v) is 2.77. The van der Waals surface area contributed by atoms with Crippen LogP contribution in [0.4, 0.5) is 0 Å². The minimum absolute atomic E-state index is 0.00733. The van der Waals surface area contributed by atoms with E-state index in [1.54, 1.807) is 13.0 Å². The molecular formula is C16H11BrN2O3. The Morgan fingerprint density at radius 1 is 1.32 bits per heavy atom. The summed E-state index contributed by atoms with van der Waals surface area (Å²) < 4.78 is 11.5. The maximum atomic E-state index is 12.3. The first-order chi connectivity index (χ1) is 10.5. The van der Waals surface area contributed by atoms with E-state index in [1.165, 1.54) is 0 Å². The van der Waals surface area contributed by atoms with Gasteiger partial charge in [-0.05, 0) is 24.6 Å². The summed E-state index contributed by atoms with van der Waals surface area (Å²) in [5.41, 5.74) is 6.59. The second-order valence-electron chi connectivity index (χ2n) is 4.90. The molecule has 5 nitrogen and oxygen atoms in total. The molecule has 6 heteroatoms. The lowest BCUT2D eigenvalue weighted by Crippen LogP contribution is -2.26. The molecule has 2 aromatic rings. The fourth-order valence-electron chi connectivity index (χ4n) is 2.51. The van der Waals surface area contributed by atoms with Crippen LogP contribution in [0.15, 0.2) is 55.5 Å². The largest absolute Gasteiger partial charge is 0.440 e. The molecular weight excluding hydrogens is 348 g/mol. The zero-order valence-electron chi connectivity index (χ0n) is 11.6. The van der Waals surface area contributed by atoms with Gasteiger partial charge in [0.05, 0.1) is 11.5 Å². The summed E-state index contributed by atoms with van der Waals surface area (Å²) in [6, 6.07) is 11.0. The molecule has 0 bridgehead atoms. The van der Waals surface area contributed by atoms with E-state index in [2.05, 4.69) is 15.9 Å². The molecule has 0 radical (unpaired) electrons. The van der Waals surface area contributed by atoms with Crippen LogP contribution < -0.4 is 16.1 Å². The number of aryl methyl sites for hydroxylation is 1. The Hall–Kier alpha value is -2.52. The normalized spacial score (nSPS) is 16.7. The summed E-state index contributed by atoms with van der Waals surface area (Å²) in [4.78, 5) is 12.3. The molecule has 3 rings (SSSR count). The zero-order chi connectivity index (χ0) is 15.9. The number of rotatable bonds is 1. The Balaban J connectivity index is 2.29. The summed E-state index contributed by atoms with van der Waals surface area (Å²) in [5, 5.41) is 9.41. The lowest BCUT2D eigenvalue weighted by molar-refractivity contribution is 0.371. The van der Waals surface area contributed by atoms with Crippen molar-refractivity contribution < 1.29 is 9.15 Å². The Kier molecular flexibility index (Phi) is 3.51. The first-order valence-electron chi connectivity index (χ1n) is 6.49. The number of allylic oxidation sites excluding steroid dienone is 1. The van der Waals surface area contributed by atoms with Crippen molar-refractivity contribution >= 4 is 15.9 Å². The lowest BCUT2D eigenvalue weighted by atomic mass is 9.84. The number of hydrogen-bond donors (Lipinski definition) is 1. The predicted molar refractivity (Wildman–Crippen MR) is 83.2 cm³/mol. The third-order valence-electron chi connectivity index (χ3n) is 3.46. The molecule has 0 saturated heterocycles. The molecule has 1 aliphatic rings. The van der Waals surface area contributed by atoms with Crippen molar-refractivity contribution in [3.63, 3.8) is 0 Å². The summed E-state index contributed by atoms with van der Waals surface area (Å²) in [6.45, 7) is 1.65. The van der Waals surface area contributed by atoms with E-state index in [1.807, 2.05) is 30.3 Å². The number of halogens is 1. The van der Waals surface area contributed by atoms with Crippen molar-refractivity contribution in [3.05, 3.63) is 73.6 Å². The van der Waals surface area contributed by atoms with E-state index in [9.17, 15) is 10.1 Å². The molecule has 22 heavy (non-hydrogen) atoms. The van der Waals surface area contributed by atoms with Crippen LogP contribution in [0.3, 0.4) is 0 Å². The second kappa shape index (κ2) is 5.35. The Bertz CT molecular complexity index is 876. The van der Waals surface area contributed by atoms with Gasteiger partial charge >= 0.3 is 5.63 Å². The van der Waals surface area contributed by atoms with Crippen molar-refractivity contribution in [3.8, 4) is 11.8 Å². The van der Waals surface area contributed by atoms with Crippen molar-refractivity contribution in [1.82, 2.24) is 0 Å². The topological polar surface area (TPSA) is 89.2 Å². The van der Waals surface area contributed by atoms with E-state index >= 15 is 0 Å². The summed E-state index contributed by atoms with van der Waals surface area (Å²) in [6.07, 6.45) is 0. The third-order valence-corrected chi connectivity index (χ3v) is 3.99. The van der Waals surface area contributed by atoms with E-state index in [0.717, 1.165) is 10.0 Å². The second-order valence-corrected chi connectivity index (χ2v) is 5.81. The van der Waals surface area contributed by atoms with Crippen molar-refractivity contribution in [1.29, 1.82) is 5.26 Å². The Morgan fingerprint density at radius 3 is 2.64 bits per heavy atom. The average molecular weight is 359 g/mol. The van der Waals surface area contributed by atoms with Gasteiger partial charge in [-0.15, -0.1) is 0 Å². The molecule has 2 N–H and O–H groups in total. The van der Waals surface area contributed by atoms with Crippen LogP contribution in [-0.2, 0) is 0 Å². The minimum atomic E-state index is -0.598. The van der Waals surface area contributed by atoms with Gasteiger partial charge in [0.15, 0.2) is 0 Å². The summed E-state index contributed by atoms with van der Waals surface area (Å²) in [5.74, 6) is 0.163. The zero-order valence-corrected chi connectivity index (χ0v) is 13.2. The van der Waals surface area contributed by atoms with E-state index in [-0.39, 0.29) is 11.5 Å². The van der Waals surface area contributed by atoms with E-state index in [0.29, 0.717) is 17.1 Å². The first-order valence-corrected chi connectivity index (χ1v) is 7.28. The first kappa shape index (κ1) is 14.4. The molecule has 0 amide bonds. The van der Waals surface area contributed by atoms with E-state index < -0.39 is 11.5 Å². The quantitative estimate of drug-likeness (QED) is 0.846. The number of nitriles is 1. The van der Waals surface area contributed by atoms with Crippen LogP contribution in [0.2, 0.25) is 0 Å². The standard InChI is InChI=1S/C16H11BrN2O3/c1-8-6-12-14(16(20)21-8)13(11(7-18)15(19)22-12)9-2-4-10(17)5-3-9/h2-6,13H,19H2,1H3. The Morgan fingerprint density at radius 2 is 2.00 bits per heavy atom. The smallest absolute Gasteiger partial charge is 0.343 e. The molecule has 0 saturated carbocycles. The molecule has 1 atom stereocenters. The molecule has 1 aromatic heterocycles. The van der Waals surface area contributed by atoms with Crippen LogP contribution in [0.5, 0.6) is 5.75 Å². The van der Waals surface area contributed by atoms with Gasteiger partial charge in [-0.25, -0.2) is 4.79 Å². The van der Waals surface area contributed by atoms with Gasteiger partial charge in [-0.1, -0.05) is 28.1 Å². The third kappa shape index (κ3) is 2.30. The highest BCUT2D eigenvalue weighted by atomic mass is 79.9. The molecule has 0 fully saturated rings. The number of fused-ring (bicyclic) bond motifs is 1. The monoisotopic (exact) mass is 358 g/mol. The molecule has 0 aliphatic carbocycles. The maximum Gasteiger partial charge on any atom is 0.343 e. The number of benzene rings is 1. The minimum Gasteiger partial charge on any atom is -0.440 e. The predicted octanol–water partition coefficient (Wildman–Crippen LogP) is 2.93. The number of nitrogens with zero attached hydrogens (tertiary/aromatic N) is 1.